The van der Waals surface area contributed by atoms with Gasteiger partial charge in [-0.2, -0.15) is 53.4 Å². The van der Waals surface area contributed by atoms with Crippen molar-refractivity contribution < 1.29 is 28.5 Å². The van der Waals surface area contributed by atoms with Crippen molar-refractivity contribution in [2.24, 2.45) is 21.5 Å². The van der Waals surface area contributed by atoms with E-state index in [4.69, 9.17) is 53.3 Å². The number of hydrogen-bond acceptors (Lipinski definition) is 22. The maximum atomic E-state index is 11.9. The molecule has 2 heterocycles. The summed E-state index contributed by atoms with van der Waals surface area (Å²) in [5.41, 5.74) is 34.1. The summed E-state index contributed by atoms with van der Waals surface area (Å²) in [6, 6.07) is 0. The van der Waals surface area contributed by atoms with Gasteiger partial charge in [-0.15, -0.1) is 0 Å². The first-order chi connectivity index (χ1) is 27.1. The Morgan fingerprint density at radius 3 is 1.29 bits per heavy atom. The fourth-order valence-corrected chi connectivity index (χ4v) is 5.99. The van der Waals surface area contributed by atoms with E-state index < -0.39 is 0 Å². The number of carbonyl (C=O) groups excluding carboxylic acids is 2. The number of amidine groups is 2. The van der Waals surface area contributed by atoms with Gasteiger partial charge >= 0.3 is 11.9 Å². The van der Waals surface area contributed by atoms with E-state index in [1.807, 2.05) is 0 Å². The summed E-state index contributed by atoms with van der Waals surface area (Å²) < 4.78 is 21.2. The molecule has 24 heteroatoms. The highest BCUT2D eigenvalue weighted by Gasteiger charge is 2.06. The second-order valence-electron chi connectivity index (χ2n) is 11.7. The van der Waals surface area contributed by atoms with E-state index in [2.05, 4.69) is 50.5 Å². The summed E-state index contributed by atoms with van der Waals surface area (Å²) in [5.74, 6) is 4.64. The van der Waals surface area contributed by atoms with E-state index >= 15 is 0 Å². The lowest BCUT2D eigenvalue weighted by Crippen LogP contribution is -2.15. The highest BCUT2D eigenvalue weighted by atomic mass is 32.2. The van der Waals surface area contributed by atoms with Crippen molar-refractivity contribution in [1.29, 1.82) is 0 Å². The molecule has 0 saturated carbocycles. The predicted octanol–water partition coefficient (Wildman–Crippen LogP) is 0.331. The second kappa shape index (κ2) is 30.5. The third kappa shape index (κ3) is 26.2. The molecule has 22 nitrogen and oxygen atoms in total. The number of aromatic nitrogens is 6. The molecule has 0 fully saturated rings. The SMILES string of the molecule is NC(CCCSCCC(=O)OCCOCCOCCOC(=O)CCSCCCC(N)=NCCCNc1nc(N)nc(N)n1)=NCCCNc1nc(N)nc(N)n1. The first kappa shape index (κ1) is 47.5. The van der Waals surface area contributed by atoms with Crippen LogP contribution in [-0.2, 0) is 28.5 Å². The number of anilines is 6. The number of nitrogens with zero attached hydrogens (tertiary/aromatic N) is 8. The van der Waals surface area contributed by atoms with Gasteiger partial charge in [-0.05, 0) is 37.2 Å². The van der Waals surface area contributed by atoms with Crippen LogP contribution in [0.2, 0.25) is 0 Å². The molecule has 14 N–H and O–H groups in total. The molecular formula is C32H58N16O6S2. The van der Waals surface area contributed by atoms with Crippen LogP contribution in [0.25, 0.3) is 0 Å². The fourth-order valence-electron chi connectivity index (χ4n) is 4.26. The zero-order valence-corrected chi connectivity index (χ0v) is 33.5. The number of rotatable bonds is 33. The monoisotopic (exact) mass is 826 g/mol. The average Bonchev–Trinajstić information content (AvgIpc) is 3.14. The van der Waals surface area contributed by atoms with Gasteiger partial charge in [0.15, 0.2) is 0 Å². The van der Waals surface area contributed by atoms with Crippen molar-refractivity contribution in [2.45, 2.75) is 51.4 Å². The quantitative estimate of drug-likeness (QED) is 0.0208. The molecule has 0 aromatic carbocycles. The highest BCUT2D eigenvalue weighted by Crippen LogP contribution is 2.09. The minimum atomic E-state index is -0.265. The molecule has 2 rings (SSSR count). The van der Waals surface area contributed by atoms with Gasteiger partial charge in [0.2, 0.25) is 35.7 Å². The molecule has 0 radical (unpaired) electrons. The number of esters is 2. The zero-order chi connectivity index (χ0) is 40.6. The number of ether oxygens (including phenoxy) is 4. The number of carbonyl (C=O) groups is 2. The molecule has 0 amide bonds. The summed E-state index contributed by atoms with van der Waals surface area (Å²) in [5, 5.41) is 6.04. The van der Waals surface area contributed by atoms with E-state index in [-0.39, 0.29) is 62.2 Å². The van der Waals surface area contributed by atoms with E-state index in [9.17, 15) is 9.59 Å². The Balaban J connectivity index is 1.28. The lowest BCUT2D eigenvalue weighted by atomic mass is 10.3. The molecule has 0 spiro atoms. The topological polar surface area (TPSA) is 353 Å². The lowest BCUT2D eigenvalue weighted by Gasteiger charge is -2.08. The normalized spacial score (nSPS) is 11.7. The van der Waals surface area contributed by atoms with Crippen LogP contribution in [0.3, 0.4) is 0 Å². The van der Waals surface area contributed by atoms with Crippen LogP contribution in [0.1, 0.15) is 51.4 Å². The lowest BCUT2D eigenvalue weighted by molar-refractivity contribution is -0.146. The van der Waals surface area contributed by atoms with Crippen LogP contribution < -0.4 is 45.0 Å². The molecule has 0 atom stereocenters. The maximum Gasteiger partial charge on any atom is 0.306 e. The second-order valence-corrected chi connectivity index (χ2v) is 14.1. The van der Waals surface area contributed by atoms with Gasteiger partial charge in [0.1, 0.15) is 13.2 Å². The number of aliphatic imine (C=N–C) groups is 2. The largest absolute Gasteiger partial charge is 0.463 e. The Morgan fingerprint density at radius 2 is 0.893 bits per heavy atom. The molecule has 0 saturated heterocycles. The Bertz CT molecular complexity index is 1330. The molecule has 56 heavy (non-hydrogen) atoms. The van der Waals surface area contributed by atoms with Gasteiger partial charge < -0.3 is 64.0 Å². The predicted molar refractivity (Wildman–Crippen MR) is 222 cm³/mol. The van der Waals surface area contributed by atoms with E-state index in [1.165, 1.54) is 0 Å². The van der Waals surface area contributed by atoms with Crippen LogP contribution in [0.15, 0.2) is 9.98 Å². The summed E-state index contributed by atoms with van der Waals surface area (Å²) >= 11 is 3.33. The summed E-state index contributed by atoms with van der Waals surface area (Å²) in [6.07, 6.45) is 5.23. The van der Waals surface area contributed by atoms with E-state index in [1.54, 1.807) is 23.5 Å². The average molecular weight is 827 g/mol. The molecule has 0 bridgehead atoms. The summed E-state index contributed by atoms with van der Waals surface area (Å²) in [6.45, 7) is 3.91. The molecule has 314 valence electrons. The van der Waals surface area contributed by atoms with Gasteiger partial charge in [0, 0.05) is 50.5 Å². The third-order valence-electron chi connectivity index (χ3n) is 6.90. The van der Waals surface area contributed by atoms with E-state index in [0.717, 1.165) is 37.2 Å². The van der Waals surface area contributed by atoms with Gasteiger partial charge in [-0.1, -0.05) is 0 Å². The summed E-state index contributed by atoms with van der Waals surface area (Å²) in [7, 11) is 0. The minimum absolute atomic E-state index is 0.0634. The van der Waals surface area contributed by atoms with E-state index in [0.29, 0.717) is 100 Å². The third-order valence-corrected chi connectivity index (χ3v) is 9.04. The van der Waals surface area contributed by atoms with Gasteiger partial charge in [0.05, 0.1) is 50.9 Å². The van der Waals surface area contributed by atoms with Crippen LogP contribution in [0, 0.1) is 0 Å². The molecule has 0 aliphatic carbocycles. The Kier molecular flexibility index (Phi) is 25.9. The first-order valence-corrected chi connectivity index (χ1v) is 20.6. The molecule has 2 aromatic heterocycles. The zero-order valence-electron chi connectivity index (χ0n) is 31.9. The molecule has 0 aliphatic rings. The standard InChI is InChI=1S/C32H58N16O6S2/c33-23(39-9-3-11-41-31-45-27(35)43-28(36)46-31)5-1-19-55-21-7-25(49)53-17-15-51-13-14-52-16-18-54-26(50)8-22-56-20-2-6-24(34)40-10-4-12-42-32-47-29(37)44-30(38)48-32/h1-22H2,(H2,33,39)(H2,34,40)(H5,35,36,41,43,45,46)(H5,37,38,42,44,47,48). The van der Waals surface area contributed by atoms with Gasteiger partial charge in [-0.3, -0.25) is 19.6 Å². The number of nitrogen functional groups attached to an aromatic ring is 4. The molecule has 0 aliphatic heterocycles. The maximum absolute atomic E-state index is 11.9. The van der Waals surface area contributed by atoms with Gasteiger partial charge in [-0.25, -0.2) is 0 Å². The number of nitrogens with two attached hydrogens (primary N) is 6. The van der Waals surface area contributed by atoms with Gasteiger partial charge in [0.25, 0.3) is 0 Å². The number of nitrogens with one attached hydrogen (secondary N) is 2. The van der Waals surface area contributed by atoms with Crippen molar-refractivity contribution in [3.05, 3.63) is 0 Å². The minimum Gasteiger partial charge on any atom is -0.463 e. The van der Waals surface area contributed by atoms with Crippen molar-refractivity contribution in [3.8, 4) is 0 Å². The van der Waals surface area contributed by atoms with Crippen molar-refractivity contribution >= 4 is 82.8 Å². The summed E-state index contributed by atoms with van der Waals surface area (Å²) in [4.78, 5) is 55.8. The van der Waals surface area contributed by atoms with Crippen LogP contribution in [0.4, 0.5) is 35.7 Å². The molecule has 0 unspecified atom stereocenters. The first-order valence-electron chi connectivity index (χ1n) is 18.3. The smallest absolute Gasteiger partial charge is 0.306 e. The van der Waals surface area contributed by atoms with Crippen LogP contribution >= 0.6 is 23.5 Å². The Morgan fingerprint density at radius 1 is 0.518 bits per heavy atom. The highest BCUT2D eigenvalue weighted by molar-refractivity contribution is 7.99. The number of hydrogen-bond donors (Lipinski definition) is 8. The van der Waals surface area contributed by atoms with Crippen molar-refractivity contribution in [3.63, 3.8) is 0 Å². The fraction of sp³-hybridized carbons (Fsp3) is 0.688. The Labute approximate surface area is 335 Å². The Hall–Kier alpha value is -4.68. The molecular weight excluding hydrogens is 769 g/mol. The number of thioether (sulfide) groups is 2. The van der Waals surface area contributed by atoms with Crippen molar-refractivity contribution in [1.82, 2.24) is 29.9 Å². The van der Waals surface area contributed by atoms with Crippen LogP contribution in [0.5, 0.6) is 0 Å². The van der Waals surface area contributed by atoms with Crippen LogP contribution in [-0.4, -0.2) is 142 Å². The van der Waals surface area contributed by atoms with Crippen molar-refractivity contribution in [2.75, 3.05) is 122 Å². The molecule has 2 aromatic rings.